The van der Waals surface area contributed by atoms with Crippen LogP contribution in [0.5, 0.6) is 11.5 Å². The van der Waals surface area contributed by atoms with Gasteiger partial charge in [0.25, 0.3) is 0 Å². The van der Waals surface area contributed by atoms with E-state index in [1.165, 1.54) is 0 Å². The molecule has 1 aromatic heterocycles. The molecule has 2 amide bonds. The Morgan fingerprint density at radius 3 is 2.71 bits per heavy atom. The summed E-state index contributed by atoms with van der Waals surface area (Å²) in [6.07, 6.45) is 3.07. The molecule has 2 aromatic rings. The Labute approximate surface area is 139 Å². The van der Waals surface area contributed by atoms with Crippen molar-refractivity contribution in [2.45, 2.75) is 13.0 Å². The summed E-state index contributed by atoms with van der Waals surface area (Å²) in [6.45, 7) is 1.32. The van der Waals surface area contributed by atoms with Crippen LogP contribution in [-0.2, 0) is 16.1 Å². The molecule has 1 aliphatic rings. The lowest BCUT2D eigenvalue weighted by atomic mass is 10.2. The number of benzene rings is 1. The molecule has 124 valence electrons. The maximum Gasteiger partial charge on any atom is 0.233 e. The highest BCUT2D eigenvalue weighted by Crippen LogP contribution is 2.32. The molecule has 0 atom stereocenters. The van der Waals surface area contributed by atoms with Crippen molar-refractivity contribution in [3.63, 3.8) is 0 Å². The minimum Gasteiger partial charge on any atom is -0.486 e. The first-order valence-electron chi connectivity index (χ1n) is 7.56. The monoisotopic (exact) mass is 327 g/mol. The number of carbonyl (C=O) groups excluding carboxylic acids is 2. The van der Waals surface area contributed by atoms with Crippen molar-refractivity contribution in [2.24, 2.45) is 0 Å². The van der Waals surface area contributed by atoms with E-state index in [1.54, 1.807) is 36.7 Å². The molecule has 3 rings (SSSR count). The summed E-state index contributed by atoms with van der Waals surface area (Å²) in [5.41, 5.74) is 1.43. The zero-order valence-electron chi connectivity index (χ0n) is 13.0. The molecule has 0 fully saturated rings. The first-order chi connectivity index (χ1) is 11.7. The number of hydrogen-bond donors (Lipinski definition) is 2. The number of hydrogen-bond acceptors (Lipinski definition) is 5. The Balaban J connectivity index is 1.49. The van der Waals surface area contributed by atoms with E-state index in [2.05, 4.69) is 15.6 Å². The number of fused-ring (bicyclic) bond motifs is 1. The fourth-order valence-electron chi connectivity index (χ4n) is 2.24. The minimum atomic E-state index is -0.393. The lowest BCUT2D eigenvalue weighted by molar-refractivity contribution is -0.126. The van der Waals surface area contributed by atoms with Gasteiger partial charge in [0, 0.05) is 30.7 Å². The fraction of sp³-hybridized carbons (Fsp3) is 0.235. The summed E-state index contributed by atoms with van der Waals surface area (Å²) in [5, 5.41) is 5.35. The van der Waals surface area contributed by atoms with Gasteiger partial charge in [-0.3, -0.25) is 14.6 Å². The van der Waals surface area contributed by atoms with Gasteiger partial charge in [0.05, 0.1) is 0 Å². The van der Waals surface area contributed by atoms with Crippen LogP contribution in [0, 0.1) is 0 Å². The summed E-state index contributed by atoms with van der Waals surface area (Å²) >= 11 is 0. The second-order valence-corrected chi connectivity index (χ2v) is 5.22. The number of ether oxygens (including phenoxy) is 2. The Kier molecular flexibility index (Phi) is 4.90. The SMILES string of the molecule is O=C(CC(=O)Nc1ccc2c(c1)OCCO2)NCc1cccnc1. The molecule has 0 radical (unpaired) electrons. The van der Waals surface area contributed by atoms with Crippen LogP contribution in [0.15, 0.2) is 42.7 Å². The molecule has 0 unspecified atom stereocenters. The van der Waals surface area contributed by atoms with Crippen molar-refractivity contribution in [1.82, 2.24) is 10.3 Å². The molecule has 0 aliphatic carbocycles. The van der Waals surface area contributed by atoms with Gasteiger partial charge in [-0.25, -0.2) is 0 Å². The average Bonchev–Trinajstić information content (AvgIpc) is 2.60. The topological polar surface area (TPSA) is 89.6 Å². The number of nitrogens with one attached hydrogen (secondary N) is 2. The minimum absolute atomic E-state index is 0.255. The van der Waals surface area contributed by atoms with Gasteiger partial charge in [-0.15, -0.1) is 0 Å². The van der Waals surface area contributed by atoms with Crippen LogP contribution in [0.4, 0.5) is 5.69 Å². The fourth-order valence-corrected chi connectivity index (χ4v) is 2.24. The molecule has 0 bridgehead atoms. The van der Waals surface area contributed by atoms with E-state index < -0.39 is 5.91 Å². The van der Waals surface area contributed by atoms with Crippen molar-refractivity contribution < 1.29 is 19.1 Å². The number of carbonyl (C=O) groups is 2. The average molecular weight is 327 g/mol. The zero-order valence-corrected chi connectivity index (χ0v) is 13.0. The highest BCUT2D eigenvalue weighted by atomic mass is 16.6. The van der Waals surface area contributed by atoms with E-state index in [0.29, 0.717) is 36.9 Å². The van der Waals surface area contributed by atoms with Crippen LogP contribution in [0.3, 0.4) is 0 Å². The third-order valence-electron chi connectivity index (χ3n) is 3.36. The van der Waals surface area contributed by atoms with E-state index >= 15 is 0 Å². The molecule has 0 spiro atoms. The Bertz CT molecular complexity index is 734. The third kappa shape index (κ3) is 4.22. The summed E-state index contributed by atoms with van der Waals surface area (Å²) in [4.78, 5) is 27.7. The summed E-state index contributed by atoms with van der Waals surface area (Å²) < 4.78 is 10.9. The maximum atomic E-state index is 11.9. The Morgan fingerprint density at radius 2 is 1.92 bits per heavy atom. The van der Waals surface area contributed by atoms with Gasteiger partial charge in [0.1, 0.15) is 19.6 Å². The van der Waals surface area contributed by atoms with Gasteiger partial charge in [-0.05, 0) is 23.8 Å². The number of rotatable bonds is 5. The number of aromatic nitrogens is 1. The van der Waals surface area contributed by atoms with E-state index in [9.17, 15) is 9.59 Å². The largest absolute Gasteiger partial charge is 0.486 e. The molecule has 1 aliphatic heterocycles. The van der Waals surface area contributed by atoms with Gasteiger partial charge in [0.2, 0.25) is 11.8 Å². The van der Waals surface area contributed by atoms with E-state index in [0.717, 1.165) is 5.56 Å². The molecule has 7 heteroatoms. The van der Waals surface area contributed by atoms with Crippen LogP contribution < -0.4 is 20.1 Å². The van der Waals surface area contributed by atoms with Crippen molar-refractivity contribution in [2.75, 3.05) is 18.5 Å². The van der Waals surface area contributed by atoms with Gasteiger partial charge in [-0.1, -0.05) is 6.07 Å². The molecule has 2 heterocycles. The summed E-state index contributed by atoms with van der Waals surface area (Å²) in [5.74, 6) is 0.484. The van der Waals surface area contributed by atoms with Crippen molar-refractivity contribution >= 4 is 17.5 Å². The van der Waals surface area contributed by atoms with Crippen molar-refractivity contribution in [3.05, 3.63) is 48.3 Å². The van der Waals surface area contributed by atoms with Crippen LogP contribution in [0.2, 0.25) is 0 Å². The van der Waals surface area contributed by atoms with Crippen LogP contribution in [0.1, 0.15) is 12.0 Å². The molecule has 0 saturated heterocycles. The molecule has 7 nitrogen and oxygen atoms in total. The molecular weight excluding hydrogens is 310 g/mol. The molecule has 2 N–H and O–H groups in total. The van der Waals surface area contributed by atoms with Crippen LogP contribution in [-0.4, -0.2) is 30.0 Å². The summed E-state index contributed by atoms with van der Waals surface area (Å²) in [6, 6.07) is 8.75. The smallest absolute Gasteiger partial charge is 0.233 e. The van der Waals surface area contributed by atoms with Gasteiger partial charge in [-0.2, -0.15) is 0 Å². The lowest BCUT2D eigenvalue weighted by Crippen LogP contribution is -2.27. The highest BCUT2D eigenvalue weighted by Gasteiger charge is 2.14. The highest BCUT2D eigenvalue weighted by molar-refractivity contribution is 6.03. The summed E-state index contributed by atoms with van der Waals surface area (Å²) in [7, 11) is 0. The van der Waals surface area contributed by atoms with Crippen molar-refractivity contribution in [3.8, 4) is 11.5 Å². The van der Waals surface area contributed by atoms with Gasteiger partial charge < -0.3 is 20.1 Å². The molecule has 24 heavy (non-hydrogen) atoms. The first kappa shape index (κ1) is 15.8. The lowest BCUT2D eigenvalue weighted by Gasteiger charge is -2.19. The quantitative estimate of drug-likeness (QED) is 0.812. The van der Waals surface area contributed by atoms with Crippen LogP contribution in [0.25, 0.3) is 0 Å². The third-order valence-corrected chi connectivity index (χ3v) is 3.36. The number of pyridine rings is 1. The van der Waals surface area contributed by atoms with E-state index in [-0.39, 0.29) is 12.3 Å². The van der Waals surface area contributed by atoms with E-state index in [1.807, 2.05) is 6.07 Å². The standard InChI is InChI=1S/C17H17N3O4/c21-16(19-11-12-2-1-5-18-10-12)9-17(22)20-13-3-4-14-15(8-13)24-7-6-23-14/h1-5,8,10H,6-7,9,11H2,(H,19,21)(H,20,22). The predicted molar refractivity (Wildman–Crippen MR) is 86.8 cm³/mol. The van der Waals surface area contributed by atoms with E-state index in [4.69, 9.17) is 9.47 Å². The normalized spacial score (nSPS) is 12.3. The number of amides is 2. The van der Waals surface area contributed by atoms with Gasteiger partial charge in [0.15, 0.2) is 11.5 Å². The van der Waals surface area contributed by atoms with Crippen LogP contribution >= 0.6 is 0 Å². The zero-order chi connectivity index (χ0) is 16.8. The maximum absolute atomic E-state index is 11.9. The van der Waals surface area contributed by atoms with Gasteiger partial charge >= 0.3 is 0 Å². The Morgan fingerprint density at radius 1 is 1.08 bits per heavy atom. The Hall–Kier alpha value is -3.09. The molecule has 0 saturated carbocycles. The second-order valence-electron chi connectivity index (χ2n) is 5.22. The number of anilines is 1. The first-order valence-corrected chi connectivity index (χ1v) is 7.56. The predicted octanol–water partition coefficient (Wildman–Crippen LogP) is 1.50. The molecule has 1 aromatic carbocycles. The number of nitrogens with zero attached hydrogens (tertiary/aromatic N) is 1. The van der Waals surface area contributed by atoms with Crippen molar-refractivity contribution in [1.29, 1.82) is 0 Å². The second kappa shape index (κ2) is 7.45. The molecular formula is C17H17N3O4.